The molecule has 1 N–H and O–H groups in total. The standard InChI is InChI=1S/C13H17ClFNS/c1-3-16-13-4-8(2)17-7-11-10(13)5-9(14)6-12(11)15/h5-6,8,13,16H,3-4,7H2,1-2H3. The van der Waals surface area contributed by atoms with Gasteiger partial charge in [-0.1, -0.05) is 25.4 Å². The van der Waals surface area contributed by atoms with Crippen LogP contribution in [0.5, 0.6) is 0 Å². The number of nitrogens with one attached hydrogen (secondary N) is 1. The third-order valence-electron chi connectivity index (χ3n) is 3.10. The lowest BCUT2D eigenvalue weighted by Crippen LogP contribution is -2.23. The maximum Gasteiger partial charge on any atom is 0.129 e. The van der Waals surface area contributed by atoms with Crippen LogP contribution in [-0.4, -0.2) is 11.8 Å². The van der Waals surface area contributed by atoms with E-state index in [0.29, 0.717) is 10.3 Å². The van der Waals surface area contributed by atoms with Crippen LogP contribution in [0.2, 0.25) is 5.02 Å². The van der Waals surface area contributed by atoms with Gasteiger partial charge in [0.1, 0.15) is 5.82 Å². The molecule has 0 spiro atoms. The first-order valence-corrected chi connectivity index (χ1v) is 7.37. The van der Waals surface area contributed by atoms with Gasteiger partial charge in [0, 0.05) is 27.6 Å². The van der Waals surface area contributed by atoms with Gasteiger partial charge in [0.15, 0.2) is 0 Å². The minimum absolute atomic E-state index is 0.169. The van der Waals surface area contributed by atoms with Crippen molar-refractivity contribution in [3.63, 3.8) is 0 Å². The largest absolute Gasteiger partial charge is 0.310 e. The Morgan fingerprint density at radius 1 is 1.53 bits per heavy atom. The summed E-state index contributed by atoms with van der Waals surface area (Å²) in [6.45, 7) is 5.15. The summed E-state index contributed by atoms with van der Waals surface area (Å²) < 4.78 is 13.9. The maximum absolute atomic E-state index is 13.9. The van der Waals surface area contributed by atoms with Crippen LogP contribution < -0.4 is 5.32 Å². The molecule has 0 saturated heterocycles. The van der Waals surface area contributed by atoms with Crippen molar-refractivity contribution >= 4 is 23.4 Å². The fraction of sp³-hybridized carbons (Fsp3) is 0.538. The van der Waals surface area contributed by atoms with Crippen LogP contribution in [0, 0.1) is 5.82 Å². The molecule has 2 unspecified atom stereocenters. The van der Waals surface area contributed by atoms with Crippen LogP contribution in [-0.2, 0) is 5.75 Å². The second-order valence-electron chi connectivity index (χ2n) is 4.42. The minimum atomic E-state index is -0.169. The number of halogens is 2. The Labute approximate surface area is 111 Å². The van der Waals surface area contributed by atoms with Crippen LogP contribution in [0.3, 0.4) is 0 Å². The Hall–Kier alpha value is -0.250. The molecule has 0 aromatic heterocycles. The zero-order valence-corrected chi connectivity index (χ0v) is 11.7. The Morgan fingerprint density at radius 3 is 3.00 bits per heavy atom. The summed E-state index contributed by atoms with van der Waals surface area (Å²) in [4.78, 5) is 0. The molecule has 0 radical (unpaired) electrons. The zero-order chi connectivity index (χ0) is 12.4. The summed E-state index contributed by atoms with van der Waals surface area (Å²) in [5.41, 5.74) is 1.85. The molecule has 2 rings (SSSR count). The molecule has 4 heteroatoms. The quantitative estimate of drug-likeness (QED) is 0.869. The van der Waals surface area contributed by atoms with E-state index in [0.717, 1.165) is 29.8 Å². The average Bonchev–Trinajstić information content (AvgIpc) is 2.40. The van der Waals surface area contributed by atoms with E-state index < -0.39 is 0 Å². The van der Waals surface area contributed by atoms with E-state index in [9.17, 15) is 4.39 Å². The summed E-state index contributed by atoms with van der Waals surface area (Å²) in [5.74, 6) is 0.568. The Kier molecular flexibility index (Phi) is 4.34. The zero-order valence-electron chi connectivity index (χ0n) is 10.1. The molecule has 0 amide bonds. The van der Waals surface area contributed by atoms with Gasteiger partial charge in [0.2, 0.25) is 0 Å². The highest BCUT2D eigenvalue weighted by Crippen LogP contribution is 2.37. The van der Waals surface area contributed by atoms with Crippen molar-refractivity contribution in [2.24, 2.45) is 0 Å². The van der Waals surface area contributed by atoms with E-state index >= 15 is 0 Å². The van der Waals surface area contributed by atoms with Gasteiger partial charge in [0.05, 0.1) is 0 Å². The molecule has 94 valence electrons. The molecule has 0 saturated carbocycles. The molecule has 0 aliphatic carbocycles. The van der Waals surface area contributed by atoms with Gasteiger partial charge in [0.25, 0.3) is 0 Å². The number of hydrogen-bond acceptors (Lipinski definition) is 2. The average molecular weight is 274 g/mol. The molecule has 2 atom stereocenters. The minimum Gasteiger partial charge on any atom is -0.310 e. The van der Waals surface area contributed by atoms with Gasteiger partial charge in [-0.05, 0) is 30.7 Å². The lowest BCUT2D eigenvalue weighted by molar-refractivity contribution is 0.510. The van der Waals surface area contributed by atoms with Gasteiger partial charge >= 0.3 is 0 Å². The monoisotopic (exact) mass is 273 g/mol. The van der Waals surface area contributed by atoms with Crippen molar-refractivity contribution in [1.29, 1.82) is 0 Å². The Balaban J connectivity index is 2.43. The van der Waals surface area contributed by atoms with Crippen molar-refractivity contribution in [3.05, 3.63) is 34.1 Å². The third-order valence-corrected chi connectivity index (χ3v) is 4.54. The highest BCUT2D eigenvalue weighted by molar-refractivity contribution is 7.99. The summed E-state index contributed by atoms with van der Waals surface area (Å²) in [5, 5.41) is 4.45. The van der Waals surface area contributed by atoms with E-state index in [1.54, 1.807) is 0 Å². The van der Waals surface area contributed by atoms with E-state index in [-0.39, 0.29) is 11.9 Å². The van der Waals surface area contributed by atoms with Gasteiger partial charge in [-0.3, -0.25) is 0 Å². The first kappa shape index (κ1) is 13.2. The predicted molar refractivity (Wildman–Crippen MR) is 73.2 cm³/mol. The lowest BCUT2D eigenvalue weighted by Gasteiger charge is -2.20. The van der Waals surface area contributed by atoms with Crippen molar-refractivity contribution in [2.45, 2.75) is 37.3 Å². The Morgan fingerprint density at radius 2 is 2.29 bits per heavy atom. The SMILES string of the molecule is CCNC1CC(C)SCc2c(F)cc(Cl)cc21. The summed E-state index contributed by atoms with van der Waals surface area (Å²) in [7, 11) is 0. The Bertz CT molecular complexity index is 411. The van der Waals surface area contributed by atoms with Crippen LogP contribution in [0.4, 0.5) is 4.39 Å². The molecule has 0 bridgehead atoms. The van der Waals surface area contributed by atoms with E-state index in [2.05, 4.69) is 19.2 Å². The highest BCUT2D eigenvalue weighted by Gasteiger charge is 2.24. The normalized spacial score (nSPS) is 24.2. The van der Waals surface area contributed by atoms with Crippen molar-refractivity contribution in [1.82, 2.24) is 5.32 Å². The van der Waals surface area contributed by atoms with Crippen molar-refractivity contribution < 1.29 is 4.39 Å². The van der Waals surface area contributed by atoms with Gasteiger partial charge in [-0.15, -0.1) is 0 Å². The van der Waals surface area contributed by atoms with Crippen molar-refractivity contribution in [2.75, 3.05) is 6.54 Å². The smallest absolute Gasteiger partial charge is 0.129 e. The van der Waals surface area contributed by atoms with Crippen LogP contribution in [0.1, 0.15) is 37.4 Å². The van der Waals surface area contributed by atoms with Crippen molar-refractivity contribution in [3.8, 4) is 0 Å². The molecule has 1 heterocycles. The molecule has 1 aromatic rings. The molecule has 17 heavy (non-hydrogen) atoms. The summed E-state index contributed by atoms with van der Waals surface area (Å²) in [6, 6.07) is 3.54. The summed E-state index contributed by atoms with van der Waals surface area (Å²) >= 11 is 7.77. The van der Waals surface area contributed by atoms with E-state index in [1.165, 1.54) is 6.07 Å². The number of rotatable bonds is 2. The fourth-order valence-electron chi connectivity index (χ4n) is 2.28. The highest BCUT2D eigenvalue weighted by atomic mass is 35.5. The lowest BCUT2D eigenvalue weighted by atomic mass is 9.97. The fourth-order valence-corrected chi connectivity index (χ4v) is 3.58. The molecular formula is C13H17ClFNS. The van der Waals surface area contributed by atoms with Gasteiger partial charge in [-0.25, -0.2) is 4.39 Å². The third kappa shape index (κ3) is 2.95. The molecule has 0 fully saturated rings. The summed E-state index contributed by atoms with van der Waals surface area (Å²) in [6.07, 6.45) is 1.02. The molecule has 1 aliphatic heterocycles. The van der Waals surface area contributed by atoms with Crippen LogP contribution in [0.25, 0.3) is 0 Å². The first-order valence-electron chi connectivity index (χ1n) is 5.94. The van der Waals surface area contributed by atoms with E-state index in [1.807, 2.05) is 17.8 Å². The van der Waals surface area contributed by atoms with Gasteiger partial charge < -0.3 is 5.32 Å². The topological polar surface area (TPSA) is 12.0 Å². The molecule has 1 nitrogen and oxygen atoms in total. The number of benzene rings is 1. The number of fused-ring (bicyclic) bond motifs is 1. The second-order valence-corrected chi connectivity index (χ2v) is 6.29. The first-order chi connectivity index (χ1) is 8.11. The van der Waals surface area contributed by atoms with Crippen LogP contribution in [0.15, 0.2) is 12.1 Å². The number of thioether (sulfide) groups is 1. The number of hydrogen-bond donors (Lipinski definition) is 1. The maximum atomic E-state index is 13.9. The molecule has 1 aliphatic rings. The van der Waals surface area contributed by atoms with E-state index in [4.69, 9.17) is 11.6 Å². The molecule has 1 aromatic carbocycles. The van der Waals surface area contributed by atoms with Gasteiger partial charge in [-0.2, -0.15) is 11.8 Å². The molecular weight excluding hydrogens is 257 g/mol. The van der Waals surface area contributed by atoms with Crippen LogP contribution >= 0.6 is 23.4 Å². The predicted octanol–water partition coefficient (Wildman–Crippen LogP) is 4.16. The second kappa shape index (κ2) is 5.59.